The zero-order chi connectivity index (χ0) is 15.6. The Hall–Kier alpha value is -1.79. The van der Waals surface area contributed by atoms with Crippen LogP contribution in [0.2, 0.25) is 0 Å². The summed E-state index contributed by atoms with van der Waals surface area (Å²) in [5, 5.41) is 2.89. The van der Waals surface area contributed by atoms with Gasteiger partial charge in [0.05, 0.1) is 5.69 Å². The molecular formula is C15H20N2O3S. The molecule has 0 radical (unpaired) electrons. The topological polar surface area (TPSA) is 71.3 Å². The first-order chi connectivity index (χ1) is 9.85. The predicted molar refractivity (Wildman–Crippen MR) is 82.9 cm³/mol. The molecule has 0 aliphatic heterocycles. The lowest BCUT2D eigenvalue weighted by Gasteiger charge is -2.15. The van der Waals surface area contributed by atoms with Crippen molar-refractivity contribution in [1.29, 1.82) is 0 Å². The van der Waals surface area contributed by atoms with Crippen molar-refractivity contribution in [3.05, 3.63) is 47.4 Å². The van der Waals surface area contributed by atoms with Crippen LogP contribution in [0.1, 0.15) is 30.0 Å². The van der Waals surface area contributed by atoms with Gasteiger partial charge in [0.15, 0.2) is 0 Å². The van der Waals surface area contributed by atoms with Gasteiger partial charge in [0.1, 0.15) is 16.4 Å². The highest BCUT2D eigenvalue weighted by atomic mass is 32.2. The quantitative estimate of drug-likeness (QED) is 0.891. The third kappa shape index (κ3) is 3.28. The number of anilines is 1. The highest BCUT2D eigenvalue weighted by molar-refractivity contribution is 7.89. The molecule has 1 aromatic heterocycles. The van der Waals surface area contributed by atoms with Crippen LogP contribution in [0.25, 0.3) is 0 Å². The minimum atomic E-state index is -3.61. The van der Waals surface area contributed by atoms with E-state index in [-0.39, 0.29) is 10.9 Å². The average Bonchev–Trinajstić information content (AvgIpc) is 2.77. The molecule has 5 nitrogen and oxygen atoms in total. The second kappa shape index (κ2) is 5.91. The lowest BCUT2D eigenvalue weighted by Crippen LogP contribution is -2.27. The van der Waals surface area contributed by atoms with Crippen LogP contribution in [0.4, 0.5) is 5.69 Å². The van der Waals surface area contributed by atoms with Gasteiger partial charge in [0.25, 0.3) is 0 Å². The van der Waals surface area contributed by atoms with Gasteiger partial charge in [-0.25, -0.2) is 13.1 Å². The third-order valence-electron chi connectivity index (χ3n) is 3.32. The summed E-state index contributed by atoms with van der Waals surface area (Å²) in [6.07, 6.45) is 0. The molecule has 2 aromatic rings. The van der Waals surface area contributed by atoms with Crippen LogP contribution >= 0.6 is 0 Å². The molecule has 2 rings (SSSR count). The van der Waals surface area contributed by atoms with Gasteiger partial charge in [-0.15, -0.1) is 0 Å². The number of nitrogens with one attached hydrogen (secondary N) is 2. The maximum absolute atomic E-state index is 12.5. The average molecular weight is 308 g/mol. The Kier molecular flexibility index (Phi) is 4.39. The number of hydrogen-bond donors (Lipinski definition) is 2. The molecule has 1 aromatic carbocycles. The largest absolute Gasteiger partial charge is 0.466 e. The molecule has 0 aliphatic rings. The van der Waals surface area contributed by atoms with Gasteiger partial charge in [0, 0.05) is 18.7 Å². The zero-order valence-electron chi connectivity index (χ0n) is 12.6. The smallest absolute Gasteiger partial charge is 0.243 e. The molecule has 0 fully saturated rings. The number of sulfonamides is 1. The van der Waals surface area contributed by atoms with Crippen LogP contribution in [0.15, 0.2) is 39.6 Å². The highest BCUT2D eigenvalue weighted by Gasteiger charge is 2.23. The Labute approximate surface area is 125 Å². The number of hydrogen-bond acceptors (Lipinski definition) is 4. The third-order valence-corrected chi connectivity index (χ3v) is 4.92. The SMILES string of the molecule is CNc1ccccc1S(=O)(=O)NC(C)c1cc(C)oc1C. The number of benzene rings is 1. The molecule has 1 atom stereocenters. The normalized spacial score (nSPS) is 13.1. The Bertz CT molecular complexity index is 735. The Balaban J connectivity index is 2.31. The summed E-state index contributed by atoms with van der Waals surface area (Å²) in [5.74, 6) is 1.49. The van der Waals surface area contributed by atoms with Gasteiger partial charge < -0.3 is 9.73 Å². The Morgan fingerprint density at radius 1 is 1.19 bits per heavy atom. The van der Waals surface area contributed by atoms with E-state index in [2.05, 4.69) is 10.0 Å². The second-order valence-corrected chi connectivity index (χ2v) is 6.64. The van der Waals surface area contributed by atoms with Gasteiger partial charge in [-0.2, -0.15) is 0 Å². The number of para-hydroxylation sites is 1. The summed E-state index contributed by atoms with van der Waals surface area (Å²) in [5.41, 5.74) is 1.41. The molecule has 21 heavy (non-hydrogen) atoms. The van der Waals surface area contributed by atoms with E-state index in [9.17, 15) is 8.42 Å². The molecule has 1 heterocycles. The fourth-order valence-electron chi connectivity index (χ4n) is 2.35. The van der Waals surface area contributed by atoms with Crippen LogP contribution in [-0.4, -0.2) is 15.5 Å². The van der Waals surface area contributed by atoms with Crippen LogP contribution in [-0.2, 0) is 10.0 Å². The van der Waals surface area contributed by atoms with Crippen LogP contribution in [0.5, 0.6) is 0 Å². The van der Waals surface area contributed by atoms with Crippen molar-refractivity contribution in [2.45, 2.75) is 31.7 Å². The Morgan fingerprint density at radius 2 is 1.86 bits per heavy atom. The van der Waals surface area contributed by atoms with E-state index in [1.54, 1.807) is 38.2 Å². The van der Waals surface area contributed by atoms with E-state index in [0.717, 1.165) is 17.1 Å². The summed E-state index contributed by atoms with van der Waals surface area (Å²) >= 11 is 0. The molecule has 0 saturated carbocycles. The number of rotatable bonds is 5. The molecule has 0 aliphatic carbocycles. The monoisotopic (exact) mass is 308 g/mol. The fraction of sp³-hybridized carbons (Fsp3) is 0.333. The summed E-state index contributed by atoms with van der Waals surface area (Å²) < 4.78 is 33.2. The molecule has 114 valence electrons. The van der Waals surface area contributed by atoms with E-state index in [1.165, 1.54) is 0 Å². The summed E-state index contributed by atoms with van der Waals surface area (Å²) in [7, 11) is -1.92. The van der Waals surface area contributed by atoms with Crippen molar-refractivity contribution in [2.24, 2.45) is 0 Å². The number of furan rings is 1. The number of aryl methyl sites for hydroxylation is 2. The van der Waals surface area contributed by atoms with E-state index in [4.69, 9.17) is 4.42 Å². The van der Waals surface area contributed by atoms with Crippen LogP contribution < -0.4 is 10.0 Å². The minimum Gasteiger partial charge on any atom is -0.466 e. The zero-order valence-corrected chi connectivity index (χ0v) is 13.4. The first-order valence-electron chi connectivity index (χ1n) is 6.71. The van der Waals surface area contributed by atoms with Gasteiger partial charge in [0.2, 0.25) is 10.0 Å². The first-order valence-corrected chi connectivity index (χ1v) is 8.19. The van der Waals surface area contributed by atoms with E-state index in [0.29, 0.717) is 5.69 Å². The highest BCUT2D eigenvalue weighted by Crippen LogP contribution is 2.25. The summed E-state index contributed by atoms with van der Waals surface area (Å²) in [6, 6.07) is 8.29. The minimum absolute atomic E-state index is 0.234. The lowest BCUT2D eigenvalue weighted by molar-refractivity contribution is 0.496. The summed E-state index contributed by atoms with van der Waals surface area (Å²) in [6.45, 7) is 5.47. The van der Waals surface area contributed by atoms with Gasteiger partial charge in [-0.05, 0) is 39.0 Å². The predicted octanol–water partition coefficient (Wildman–Crippen LogP) is 2.98. The Morgan fingerprint density at radius 3 is 2.43 bits per heavy atom. The van der Waals surface area contributed by atoms with Crippen molar-refractivity contribution in [3.8, 4) is 0 Å². The van der Waals surface area contributed by atoms with E-state index in [1.807, 2.05) is 19.9 Å². The molecular weight excluding hydrogens is 288 g/mol. The molecule has 0 amide bonds. The molecule has 0 bridgehead atoms. The summed E-state index contributed by atoms with van der Waals surface area (Å²) in [4.78, 5) is 0.234. The van der Waals surface area contributed by atoms with Crippen molar-refractivity contribution in [2.75, 3.05) is 12.4 Å². The standard InChI is InChI=1S/C15H20N2O3S/c1-10-9-13(12(3)20-10)11(2)17-21(18,19)15-8-6-5-7-14(15)16-4/h5-9,11,16-17H,1-4H3. The fourth-order valence-corrected chi connectivity index (χ4v) is 3.78. The van der Waals surface area contributed by atoms with Crippen molar-refractivity contribution < 1.29 is 12.8 Å². The molecule has 0 spiro atoms. The van der Waals surface area contributed by atoms with E-state index >= 15 is 0 Å². The first kappa shape index (κ1) is 15.6. The molecule has 1 unspecified atom stereocenters. The van der Waals surface area contributed by atoms with Gasteiger partial charge in [-0.1, -0.05) is 12.1 Å². The molecule has 0 saturated heterocycles. The van der Waals surface area contributed by atoms with Crippen molar-refractivity contribution in [3.63, 3.8) is 0 Å². The maximum atomic E-state index is 12.5. The maximum Gasteiger partial charge on any atom is 0.243 e. The van der Waals surface area contributed by atoms with Crippen molar-refractivity contribution in [1.82, 2.24) is 4.72 Å². The van der Waals surface area contributed by atoms with Crippen molar-refractivity contribution >= 4 is 15.7 Å². The molecule has 6 heteroatoms. The lowest BCUT2D eigenvalue weighted by atomic mass is 10.1. The van der Waals surface area contributed by atoms with Crippen LogP contribution in [0.3, 0.4) is 0 Å². The molecule has 2 N–H and O–H groups in total. The second-order valence-electron chi connectivity index (χ2n) is 4.96. The van der Waals surface area contributed by atoms with Gasteiger partial charge >= 0.3 is 0 Å². The van der Waals surface area contributed by atoms with Crippen LogP contribution in [0, 0.1) is 13.8 Å². The van der Waals surface area contributed by atoms with E-state index < -0.39 is 10.0 Å². The van der Waals surface area contributed by atoms with Gasteiger partial charge in [-0.3, -0.25) is 0 Å².